The topological polar surface area (TPSA) is 55.6 Å². The van der Waals surface area contributed by atoms with Gasteiger partial charge in [-0.3, -0.25) is 4.79 Å². The molecule has 0 unspecified atom stereocenters. The summed E-state index contributed by atoms with van der Waals surface area (Å²) in [6.45, 7) is 2.40. The molecule has 0 aliphatic rings. The Morgan fingerprint density at radius 1 is 0.976 bits per heavy atom. The molecule has 4 aromatic carbocycles. The van der Waals surface area contributed by atoms with Crippen molar-refractivity contribution in [3.8, 4) is 22.7 Å². The lowest BCUT2D eigenvalue weighted by Gasteiger charge is -2.13. The van der Waals surface area contributed by atoms with Crippen LogP contribution in [0.4, 0.5) is 0 Å². The number of aromatic nitrogens is 1. The van der Waals surface area contributed by atoms with Gasteiger partial charge < -0.3 is 9.30 Å². The second-order valence-corrected chi connectivity index (χ2v) is 12.0. The highest BCUT2D eigenvalue weighted by Gasteiger charge is 2.12. The highest BCUT2D eigenvalue weighted by molar-refractivity contribution is 14.1. The summed E-state index contributed by atoms with van der Waals surface area (Å²) in [5.41, 5.74) is 9.14. The zero-order chi connectivity index (χ0) is 28.9. The monoisotopic (exact) mass is 757 g/mol. The second kappa shape index (κ2) is 13.2. The van der Waals surface area contributed by atoms with Gasteiger partial charge in [-0.05, 0) is 123 Å². The maximum atomic E-state index is 12.8. The number of halogens is 4. The molecule has 0 atom stereocenters. The minimum atomic E-state index is -0.296. The van der Waals surface area contributed by atoms with Gasteiger partial charge in [-0.15, -0.1) is 0 Å². The van der Waals surface area contributed by atoms with E-state index in [0.29, 0.717) is 28.0 Å². The van der Waals surface area contributed by atoms with Crippen molar-refractivity contribution in [2.45, 2.75) is 13.5 Å². The van der Waals surface area contributed by atoms with Crippen molar-refractivity contribution in [3.05, 3.63) is 138 Å². The number of carbonyl (C=O) groups is 1. The predicted octanol–water partition coefficient (Wildman–Crippen LogP) is 9.47. The van der Waals surface area contributed by atoms with Crippen LogP contribution in [0.2, 0.25) is 10.0 Å². The highest BCUT2D eigenvalue weighted by atomic mass is 127. The molecule has 0 saturated carbocycles. The van der Waals surface area contributed by atoms with Gasteiger partial charge in [0.25, 0.3) is 5.91 Å². The summed E-state index contributed by atoms with van der Waals surface area (Å²) in [5, 5.41) is 5.15. The number of carbonyl (C=O) groups excluding carboxylic acids is 1. The van der Waals surface area contributed by atoms with E-state index in [1.165, 1.54) is 0 Å². The van der Waals surface area contributed by atoms with Gasteiger partial charge in [0.1, 0.15) is 12.4 Å². The number of ether oxygens (including phenoxy) is 1. The Bertz CT molecular complexity index is 1720. The summed E-state index contributed by atoms with van der Waals surface area (Å²) in [4.78, 5) is 12.8. The lowest BCUT2D eigenvalue weighted by Crippen LogP contribution is -2.17. The molecule has 1 N–H and O–H groups in total. The number of nitrogens with zero attached hydrogens (tertiary/aromatic N) is 2. The standard InChI is InChI=1S/C32H23BrCl2IN3O2/c1-20-7-14-30(23-5-3-2-4-6-23)39(20)25-11-9-24(10-12-25)32(40)38-37-18-22-15-26(33)31(29(36)17-22)41-19-21-8-13-27(34)28(35)16-21/h2-18H,19H2,1H3,(H,38,40)/b37-18+. The van der Waals surface area contributed by atoms with Gasteiger partial charge in [-0.2, -0.15) is 5.10 Å². The van der Waals surface area contributed by atoms with E-state index < -0.39 is 0 Å². The van der Waals surface area contributed by atoms with Gasteiger partial charge in [-0.25, -0.2) is 5.43 Å². The van der Waals surface area contributed by atoms with Crippen molar-refractivity contribution in [2.24, 2.45) is 5.10 Å². The van der Waals surface area contributed by atoms with Crippen LogP contribution in [0.1, 0.15) is 27.2 Å². The number of hydrogen-bond donors (Lipinski definition) is 1. The largest absolute Gasteiger partial charge is 0.487 e. The summed E-state index contributed by atoms with van der Waals surface area (Å²) in [5.74, 6) is 0.405. The van der Waals surface area contributed by atoms with Crippen molar-refractivity contribution in [1.29, 1.82) is 0 Å². The minimum absolute atomic E-state index is 0.296. The van der Waals surface area contributed by atoms with Gasteiger partial charge in [0.05, 0.1) is 30.0 Å². The van der Waals surface area contributed by atoms with Crippen LogP contribution in [0.15, 0.2) is 107 Å². The molecule has 206 valence electrons. The first kappa shape index (κ1) is 29.4. The second-order valence-electron chi connectivity index (χ2n) is 9.16. The molecule has 0 aliphatic carbocycles. The number of benzene rings is 4. The van der Waals surface area contributed by atoms with E-state index in [1.54, 1.807) is 30.5 Å². The third kappa shape index (κ3) is 7.04. The van der Waals surface area contributed by atoms with E-state index in [2.05, 4.69) is 84.8 Å². The molecule has 9 heteroatoms. The zero-order valence-corrected chi connectivity index (χ0v) is 27.0. The molecule has 0 spiro atoms. The average molecular weight is 759 g/mol. The molecule has 1 amide bonds. The van der Waals surface area contributed by atoms with Crippen molar-refractivity contribution in [2.75, 3.05) is 0 Å². The number of hydrazone groups is 1. The van der Waals surface area contributed by atoms with Gasteiger partial charge in [-0.1, -0.05) is 59.6 Å². The molecular formula is C32H23BrCl2IN3O2. The van der Waals surface area contributed by atoms with Gasteiger partial charge in [0.2, 0.25) is 0 Å². The molecule has 0 fully saturated rings. The predicted molar refractivity (Wildman–Crippen MR) is 179 cm³/mol. The number of aryl methyl sites for hydroxylation is 1. The fraction of sp³-hybridized carbons (Fsp3) is 0.0625. The lowest BCUT2D eigenvalue weighted by molar-refractivity contribution is 0.0955. The minimum Gasteiger partial charge on any atom is -0.487 e. The molecular weight excluding hydrogens is 736 g/mol. The van der Waals surface area contributed by atoms with Crippen molar-refractivity contribution < 1.29 is 9.53 Å². The maximum Gasteiger partial charge on any atom is 0.271 e. The highest BCUT2D eigenvalue weighted by Crippen LogP contribution is 2.33. The van der Waals surface area contributed by atoms with Gasteiger partial charge >= 0.3 is 0 Å². The fourth-order valence-electron chi connectivity index (χ4n) is 4.28. The van der Waals surface area contributed by atoms with Crippen molar-refractivity contribution in [3.63, 3.8) is 0 Å². The first-order valence-electron chi connectivity index (χ1n) is 12.5. The summed E-state index contributed by atoms with van der Waals surface area (Å²) in [6.07, 6.45) is 1.59. The maximum absolute atomic E-state index is 12.8. The van der Waals surface area contributed by atoms with Gasteiger partial charge in [0, 0.05) is 16.9 Å². The quantitative estimate of drug-likeness (QED) is 0.0975. The molecule has 1 aromatic heterocycles. The Labute approximate surface area is 270 Å². The zero-order valence-electron chi connectivity index (χ0n) is 21.7. The molecule has 1 heterocycles. The molecule has 5 aromatic rings. The van der Waals surface area contributed by atoms with E-state index in [-0.39, 0.29) is 5.91 Å². The van der Waals surface area contributed by atoms with Crippen LogP contribution in [-0.2, 0) is 6.61 Å². The van der Waals surface area contributed by atoms with Crippen LogP contribution in [0.25, 0.3) is 16.9 Å². The third-order valence-electron chi connectivity index (χ3n) is 6.30. The Morgan fingerprint density at radius 2 is 1.73 bits per heavy atom. The summed E-state index contributed by atoms with van der Waals surface area (Å²) >= 11 is 17.9. The van der Waals surface area contributed by atoms with Crippen LogP contribution < -0.4 is 10.2 Å². The normalized spacial score (nSPS) is 11.1. The summed E-state index contributed by atoms with van der Waals surface area (Å²) in [6, 6.07) is 31.1. The van der Waals surface area contributed by atoms with Crippen molar-refractivity contribution in [1.82, 2.24) is 9.99 Å². The molecule has 0 saturated heterocycles. The molecule has 41 heavy (non-hydrogen) atoms. The van der Waals surface area contributed by atoms with E-state index in [4.69, 9.17) is 27.9 Å². The SMILES string of the molecule is Cc1ccc(-c2ccccc2)n1-c1ccc(C(=O)N/N=C/c2cc(Br)c(OCc3ccc(Cl)c(Cl)c3)c(I)c2)cc1. The average Bonchev–Trinajstić information content (AvgIpc) is 3.36. The Morgan fingerprint density at radius 3 is 2.44 bits per heavy atom. The Kier molecular flexibility index (Phi) is 9.49. The van der Waals surface area contributed by atoms with Crippen LogP contribution in [0.3, 0.4) is 0 Å². The van der Waals surface area contributed by atoms with E-state index in [0.717, 1.165) is 41.8 Å². The third-order valence-corrected chi connectivity index (χ3v) is 8.43. The number of nitrogens with one attached hydrogen (secondary N) is 1. The lowest BCUT2D eigenvalue weighted by atomic mass is 10.1. The van der Waals surface area contributed by atoms with Crippen LogP contribution in [0, 0.1) is 10.5 Å². The number of amides is 1. The first-order chi connectivity index (χ1) is 19.8. The van der Waals surface area contributed by atoms with E-state index in [9.17, 15) is 4.79 Å². The molecule has 0 radical (unpaired) electrons. The Hall–Kier alpha value is -3.11. The van der Waals surface area contributed by atoms with E-state index >= 15 is 0 Å². The van der Waals surface area contributed by atoms with Crippen LogP contribution in [0.5, 0.6) is 5.75 Å². The van der Waals surface area contributed by atoms with Crippen LogP contribution >= 0.6 is 61.7 Å². The Balaban J connectivity index is 1.23. The van der Waals surface area contributed by atoms with Crippen LogP contribution in [-0.4, -0.2) is 16.7 Å². The van der Waals surface area contributed by atoms with Crippen molar-refractivity contribution >= 4 is 73.8 Å². The first-order valence-corrected chi connectivity index (χ1v) is 15.2. The fourth-order valence-corrected chi connectivity index (χ4v) is 6.37. The number of rotatable bonds is 8. The molecule has 5 rings (SSSR count). The summed E-state index contributed by atoms with van der Waals surface area (Å²) < 4.78 is 9.83. The summed E-state index contributed by atoms with van der Waals surface area (Å²) in [7, 11) is 0. The van der Waals surface area contributed by atoms with E-state index in [1.807, 2.05) is 48.5 Å². The molecule has 5 nitrogen and oxygen atoms in total. The molecule has 0 bridgehead atoms. The van der Waals surface area contributed by atoms with Gasteiger partial charge in [0.15, 0.2) is 0 Å². The number of hydrogen-bond acceptors (Lipinski definition) is 3. The smallest absolute Gasteiger partial charge is 0.271 e. The molecule has 0 aliphatic heterocycles.